The summed E-state index contributed by atoms with van der Waals surface area (Å²) in [5.74, 6) is -1.39. The predicted octanol–water partition coefficient (Wildman–Crippen LogP) is 5.32. The summed E-state index contributed by atoms with van der Waals surface area (Å²) in [6.07, 6.45) is 1.81. The minimum Gasteiger partial charge on any atom is -0.503 e. The number of aromatic nitrogens is 1. The molecule has 5 nitrogen and oxygen atoms in total. The van der Waals surface area contributed by atoms with Crippen molar-refractivity contribution >= 4 is 39.6 Å². The number of benzene rings is 2. The van der Waals surface area contributed by atoms with Gasteiger partial charge in [0.25, 0.3) is 5.91 Å². The van der Waals surface area contributed by atoms with E-state index in [9.17, 15) is 14.7 Å². The van der Waals surface area contributed by atoms with Crippen LogP contribution in [0.5, 0.6) is 0 Å². The number of H-pyrrole nitrogens is 1. The number of amides is 1. The van der Waals surface area contributed by atoms with Gasteiger partial charge in [0.2, 0.25) is 5.78 Å². The number of hydrogen-bond donors (Lipinski definition) is 2. The van der Waals surface area contributed by atoms with Gasteiger partial charge in [-0.05, 0) is 36.1 Å². The first-order chi connectivity index (χ1) is 14.6. The molecule has 30 heavy (non-hydrogen) atoms. The SMILES string of the molecule is Cc1ccccc1N1C(=O)C(O)=C(C(=O)c2cccs2)C1c1c[nH]c2ccccc12. The maximum atomic E-state index is 13.4. The summed E-state index contributed by atoms with van der Waals surface area (Å²) in [6, 6.07) is 18.0. The van der Waals surface area contributed by atoms with E-state index in [2.05, 4.69) is 4.98 Å². The number of hydrogen-bond acceptors (Lipinski definition) is 4. The van der Waals surface area contributed by atoms with E-state index in [0.717, 1.165) is 22.0 Å². The summed E-state index contributed by atoms with van der Waals surface area (Å²) >= 11 is 1.29. The number of para-hydroxylation sites is 2. The zero-order valence-corrected chi connectivity index (χ0v) is 16.9. The number of aliphatic hydroxyl groups excluding tert-OH is 1. The Hall–Kier alpha value is -3.64. The quantitative estimate of drug-likeness (QED) is 0.444. The van der Waals surface area contributed by atoms with Crippen LogP contribution in [0.25, 0.3) is 10.9 Å². The van der Waals surface area contributed by atoms with E-state index in [1.807, 2.05) is 61.7 Å². The number of aromatic amines is 1. The lowest BCUT2D eigenvalue weighted by atomic mass is 9.94. The highest BCUT2D eigenvalue weighted by atomic mass is 32.1. The number of carbonyl (C=O) groups excluding carboxylic acids is 2. The van der Waals surface area contributed by atoms with Crippen LogP contribution in [0.3, 0.4) is 0 Å². The molecule has 0 bridgehead atoms. The zero-order valence-electron chi connectivity index (χ0n) is 16.1. The average molecular weight is 414 g/mol. The van der Waals surface area contributed by atoms with Crippen molar-refractivity contribution in [2.75, 3.05) is 4.90 Å². The molecule has 1 aliphatic rings. The third-order valence-electron chi connectivity index (χ3n) is 5.49. The van der Waals surface area contributed by atoms with E-state index in [4.69, 9.17) is 0 Å². The fourth-order valence-corrected chi connectivity index (χ4v) is 4.75. The van der Waals surface area contributed by atoms with Crippen molar-refractivity contribution in [2.24, 2.45) is 0 Å². The topological polar surface area (TPSA) is 73.4 Å². The van der Waals surface area contributed by atoms with E-state index in [-0.39, 0.29) is 11.4 Å². The van der Waals surface area contributed by atoms with Gasteiger partial charge in [-0.2, -0.15) is 0 Å². The summed E-state index contributed by atoms with van der Waals surface area (Å²) in [4.78, 5) is 31.9. The molecule has 3 heterocycles. The fourth-order valence-electron chi connectivity index (χ4n) is 4.07. The van der Waals surface area contributed by atoms with Crippen molar-refractivity contribution in [1.29, 1.82) is 0 Å². The molecule has 2 aromatic heterocycles. The second kappa shape index (κ2) is 7.00. The molecule has 0 saturated heterocycles. The highest BCUT2D eigenvalue weighted by Gasteiger charge is 2.46. The highest BCUT2D eigenvalue weighted by Crippen LogP contribution is 2.45. The van der Waals surface area contributed by atoms with Gasteiger partial charge in [0, 0.05) is 28.4 Å². The molecule has 0 spiro atoms. The smallest absolute Gasteiger partial charge is 0.294 e. The lowest BCUT2D eigenvalue weighted by Crippen LogP contribution is -2.31. The van der Waals surface area contributed by atoms with Gasteiger partial charge < -0.3 is 10.1 Å². The van der Waals surface area contributed by atoms with Crippen molar-refractivity contribution < 1.29 is 14.7 Å². The molecular weight excluding hydrogens is 396 g/mol. The first-order valence-electron chi connectivity index (χ1n) is 9.54. The lowest BCUT2D eigenvalue weighted by molar-refractivity contribution is -0.117. The van der Waals surface area contributed by atoms with Gasteiger partial charge in [0.05, 0.1) is 16.5 Å². The third-order valence-corrected chi connectivity index (χ3v) is 6.36. The number of ketones is 1. The second-order valence-corrected chi connectivity index (χ2v) is 8.17. The number of Topliss-reactive ketones (excluding diaryl/α,β-unsaturated/α-hetero) is 1. The van der Waals surface area contributed by atoms with Crippen molar-refractivity contribution in [3.8, 4) is 0 Å². The van der Waals surface area contributed by atoms with Gasteiger partial charge in [0.1, 0.15) is 0 Å². The average Bonchev–Trinajstić information content (AvgIpc) is 3.48. The molecule has 1 unspecified atom stereocenters. The number of nitrogens with one attached hydrogen (secondary N) is 1. The van der Waals surface area contributed by atoms with E-state index >= 15 is 0 Å². The molecular formula is C24H18N2O3S. The Morgan fingerprint density at radius 2 is 1.83 bits per heavy atom. The minimum atomic E-state index is -0.732. The summed E-state index contributed by atoms with van der Waals surface area (Å²) in [5.41, 5.74) is 3.33. The molecule has 4 aromatic rings. The van der Waals surface area contributed by atoms with Crippen LogP contribution in [-0.2, 0) is 4.79 Å². The number of carbonyl (C=O) groups is 2. The lowest BCUT2D eigenvalue weighted by Gasteiger charge is -2.27. The van der Waals surface area contributed by atoms with Gasteiger partial charge in [-0.1, -0.05) is 42.5 Å². The van der Waals surface area contributed by atoms with Crippen LogP contribution in [0.1, 0.15) is 26.8 Å². The van der Waals surface area contributed by atoms with Crippen LogP contribution in [0.2, 0.25) is 0 Å². The van der Waals surface area contributed by atoms with Gasteiger partial charge in [-0.3, -0.25) is 14.5 Å². The number of thiophene rings is 1. The number of aryl methyl sites for hydroxylation is 1. The Balaban J connectivity index is 1.76. The normalized spacial score (nSPS) is 16.6. The second-order valence-electron chi connectivity index (χ2n) is 7.22. The number of rotatable bonds is 4. The van der Waals surface area contributed by atoms with Gasteiger partial charge in [0.15, 0.2) is 5.76 Å². The van der Waals surface area contributed by atoms with Gasteiger partial charge in [-0.15, -0.1) is 11.3 Å². The molecule has 1 aliphatic heterocycles. The standard InChI is InChI=1S/C24H18N2O3S/c1-14-7-2-5-10-18(14)26-21(16-13-25-17-9-4-3-8-15(16)17)20(23(28)24(26)29)22(27)19-11-6-12-30-19/h2-13,21,25,28H,1H3. The molecule has 0 radical (unpaired) electrons. The molecule has 0 saturated carbocycles. The van der Waals surface area contributed by atoms with E-state index in [1.165, 1.54) is 16.2 Å². The Morgan fingerprint density at radius 3 is 2.60 bits per heavy atom. The van der Waals surface area contributed by atoms with Crippen LogP contribution in [0, 0.1) is 6.92 Å². The van der Waals surface area contributed by atoms with Gasteiger partial charge >= 0.3 is 0 Å². The molecule has 5 rings (SSSR count). The number of nitrogens with zero attached hydrogens (tertiary/aromatic N) is 1. The molecule has 148 valence electrons. The molecule has 0 fully saturated rings. The van der Waals surface area contributed by atoms with Crippen LogP contribution in [-0.4, -0.2) is 21.8 Å². The predicted molar refractivity (Wildman–Crippen MR) is 118 cm³/mol. The maximum Gasteiger partial charge on any atom is 0.294 e. The minimum absolute atomic E-state index is 0.107. The highest BCUT2D eigenvalue weighted by molar-refractivity contribution is 7.12. The van der Waals surface area contributed by atoms with E-state index in [0.29, 0.717) is 10.6 Å². The zero-order chi connectivity index (χ0) is 20.8. The molecule has 1 amide bonds. The molecule has 2 N–H and O–H groups in total. The molecule has 6 heteroatoms. The van der Waals surface area contributed by atoms with Crippen molar-refractivity contribution in [3.63, 3.8) is 0 Å². The van der Waals surface area contributed by atoms with E-state index in [1.54, 1.807) is 17.5 Å². The van der Waals surface area contributed by atoms with Crippen LogP contribution >= 0.6 is 11.3 Å². The van der Waals surface area contributed by atoms with E-state index < -0.39 is 17.7 Å². The third kappa shape index (κ3) is 2.69. The first kappa shape index (κ1) is 18.4. The Bertz CT molecular complexity index is 1320. The van der Waals surface area contributed by atoms with Crippen molar-refractivity contribution in [2.45, 2.75) is 13.0 Å². The first-order valence-corrected chi connectivity index (χ1v) is 10.4. The fraction of sp³-hybridized carbons (Fsp3) is 0.0833. The molecule has 1 atom stereocenters. The van der Waals surface area contributed by atoms with Crippen molar-refractivity contribution in [3.05, 3.63) is 99.6 Å². The van der Waals surface area contributed by atoms with Crippen LogP contribution < -0.4 is 4.90 Å². The Labute approximate surface area is 176 Å². The summed E-state index contributed by atoms with van der Waals surface area (Å²) in [5, 5.41) is 13.6. The Kier molecular flexibility index (Phi) is 4.29. The summed E-state index contributed by atoms with van der Waals surface area (Å²) in [7, 11) is 0. The number of fused-ring (bicyclic) bond motifs is 1. The monoisotopic (exact) mass is 414 g/mol. The number of anilines is 1. The van der Waals surface area contributed by atoms with Crippen LogP contribution in [0.4, 0.5) is 5.69 Å². The Morgan fingerprint density at radius 1 is 1.07 bits per heavy atom. The largest absolute Gasteiger partial charge is 0.503 e. The van der Waals surface area contributed by atoms with Crippen molar-refractivity contribution in [1.82, 2.24) is 4.98 Å². The molecule has 2 aromatic carbocycles. The van der Waals surface area contributed by atoms with Gasteiger partial charge in [-0.25, -0.2) is 0 Å². The molecule has 0 aliphatic carbocycles. The summed E-state index contributed by atoms with van der Waals surface area (Å²) < 4.78 is 0. The number of aliphatic hydroxyl groups is 1. The summed E-state index contributed by atoms with van der Waals surface area (Å²) in [6.45, 7) is 1.91. The maximum absolute atomic E-state index is 13.4. The van der Waals surface area contributed by atoms with Crippen LogP contribution in [0.15, 0.2) is 83.6 Å².